The maximum Gasteiger partial charge on any atom is 0.267 e. The molecular weight excluding hydrogens is 494 g/mol. The van der Waals surface area contributed by atoms with Gasteiger partial charge in [-0.15, -0.1) is 11.3 Å². The fourth-order valence-electron chi connectivity index (χ4n) is 3.91. The Morgan fingerprint density at radius 2 is 1.94 bits per heavy atom. The van der Waals surface area contributed by atoms with E-state index in [2.05, 4.69) is 20.9 Å². The predicted octanol–water partition coefficient (Wildman–Crippen LogP) is 7.10. The lowest BCUT2D eigenvalue weighted by Crippen LogP contribution is -2.40. The van der Waals surface area contributed by atoms with Crippen molar-refractivity contribution >= 4 is 61.3 Å². The van der Waals surface area contributed by atoms with Crippen LogP contribution in [0.2, 0.25) is 0 Å². The number of thioether (sulfide) groups is 1. The average molecular weight is 514 g/mol. The van der Waals surface area contributed by atoms with Crippen LogP contribution in [0.1, 0.15) is 37.9 Å². The highest BCUT2D eigenvalue weighted by Gasteiger charge is 2.39. The minimum atomic E-state index is 0.00815. The molecule has 0 radical (unpaired) electrons. The number of aliphatic imine (C=N–C) groups is 1. The topological polar surface area (TPSA) is 58.7 Å². The van der Waals surface area contributed by atoms with Gasteiger partial charge >= 0.3 is 0 Å². The van der Waals surface area contributed by atoms with Crippen molar-refractivity contribution in [3.63, 3.8) is 0 Å². The Hall–Kier alpha value is -2.16. The van der Waals surface area contributed by atoms with Crippen LogP contribution in [0.5, 0.6) is 0 Å². The molecule has 0 spiro atoms. The number of amidine groups is 1. The number of carbonyl (C=O) groups is 1. The second-order valence-corrected chi connectivity index (χ2v) is 10.3. The third kappa shape index (κ3) is 4.56. The number of nitrogens with zero attached hydrogens (tertiary/aromatic N) is 3. The first-order valence-corrected chi connectivity index (χ1v) is 12.7. The summed E-state index contributed by atoms with van der Waals surface area (Å²) < 4.78 is 7.04. The molecule has 1 aliphatic heterocycles. The highest BCUT2D eigenvalue weighted by molar-refractivity contribution is 9.10. The molecule has 2 fully saturated rings. The van der Waals surface area contributed by atoms with E-state index >= 15 is 0 Å². The summed E-state index contributed by atoms with van der Waals surface area (Å²) in [7, 11) is 0. The van der Waals surface area contributed by atoms with Crippen LogP contribution in [0.4, 0.5) is 5.13 Å². The summed E-state index contributed by atoms with van der Waals surface area (Å²) in [4.78, 5) is 24.8. The highest BCUT2D eigenvalue weighted by Crippen LogP contribution is 2.39. The largest absolute Gasteiger partial charge is 0.457 e. The zero-order valence-electron chi connectivity index (χ0n) is 16.7. The van der Waals surface area contributed by atoms with Gasteiger partial charge in [0.05, 0.1) is 4.91 Å². The molecular formula is C23H20BrN3O2S2. The molecule has 1 saturated carbocycles. The van der Waals surface area contributed by atoms with Crippen molar-refractivity contribution in [1.29, 1.82) is 0 Å². The Morgan fingerprint density at radius 3 is 2.68 bits per heavy atom. The Morgan fingerprint density at radius 1 is 1.13 bits per heavy atom. The Bertz CT molecular complexity index is 1130. The van der Waals surface area contributed by atoms with Crippen LogP contribution >= 0.6 is 39.0 Å². The summed E-state index contributed by atoms with van der Waals surface area (Å²) in [5, 5.41) is 3.29. The monoisotopic (exact) mass is 513 g/mol. The number of furan rings is 1. The number of benzene rings is 1. The summed E-state index contributed by atoms with van der Waals surface area (Å²) in [6.07, 6.45) is 9.14. The molecule has 3 aromatic rings. The minimum absolute atomic E-state index is 0.00815. The summed E-state index contributed by atoms with van der Waals surface area (Å²) in [6.45, 7) is 0. The van der Waals surface area contributed by atoms with Crippen molar-refractivity contribution in [3.05, 3.63) is 63.1 Å². The molecule has 5 nitrogen and oxygen atoms in total. The van der Waals surface area contributed by atoms with Gasteiger partial charge in [0.2, 0.25) is 5.13 Å². The van der Waals surface area contributed by atoms with Crippen LogP contribution in [0.3, 0.4) is 0 Å². The number of hydrogen-bond acceptors (Lipinski definition) is 6. The predicted molar refractivity (Wildman–Crippen MR) is 130 cm³/mol. The number of thiazole rings is 1. The van der Waals surface area contributed by atoms with Crippen molar-refractivity contribution in [2.75, 3.05) is 0 Å². The fraction of sp³-hybridized carbons (Fsp3) is 0.261. The summed E-state index contributed by atoms with van der Waals surface area (Å²) in [5.41, 5.74) is 0.994. The Labute approximate surface area is 197 Å². The van der Waals surface area contributed by atoms with Crippen molar-refractivity contribution in [2.45, 2.75) is 38.1 Å². The number of rotatable bonds is 4. The second-order valence-electron chi connectivity index (χ2n) is 7.50. The third-order valence-corrected chi connectivity index (χ3v) is 7.59. The SMILES string of the molecule is O=C1/C(=C\c2ccc(-c3ccc(Br)cc3)o2)S/C(=N/c2nccs2)N1C1CCCCC1. The molecule has 158 valence electrons. The van der Waals surface area contributed by atoms with Crippen molar-refractivity contribution in [3.8, 4) is 11.3 Å². The van der Waals surface area contributed by atoms with Gasteiger partial charge in [-0.3, -0.25) is 9.69 Å². The number of hydrogen-bond donors (Lipinski definition) is 0. The quantitative estimate of drug-likeness (QED) is 0.349. The van der Waals surface area contributed by atoms with Crippen molar-refractivity contribution < 1.29 is 9.21 Å². The Balaban J connectivity index is 1.44. The molecule has 2 aliphatic rings. The molecule has 31 heavy (non-hydrogen) atoms. The van der Waals surface area contributed by atoms with E-state index in [1.165, 1.54) is 29.5 Å². The van der Waals surface area contributed by atoms with Gasteiger partial charge in [-0.2, -0.15) is 4.99 Å². The van der Waals surface area contributed by atoms with Gasteiger partial charge in [0.25, 0.3) is 5.91 Å². The Kier molecular flexibility index (Phi) is 6.11. The highest BCUT2D eigenvalue weighted by atomic mass is 79.9. The summed E-state index contributed by atoms with van der Waals surface area (Å²) in [5.74, 6) is 1.44. The zero-order chi connectivity index (χ0) is 21.2. The van der Waals surface area contributed by atoms with Gasteiger partial charge in [0.15, 0.2) is 5.17 Å². The molecule has 0 unspecified atom stereocenters. The van der Waals surface area contributed by atoms with E-state index in [4.69, 9.17) is 9.41 Å². The van der Waals surface area contributed by atoms with E-state index in [0.29, 0.717) is 15.8 Å². The molecule has 2 aromatic heterocycles. The maximum absolute atomic E-state index is 13.4. The van der Waals surface area contributed by atoms with Gasteiger partial charge < -0.3 is 4.42 Å². The molecule has 0 N–H and O–H groups in total. The zero-order valence-corrected chi connectivity index (χ0v) is 19.9. The molecule has 1 aliphatic carbocycles. The van der Waals surface area contributed by atoms with E-state index in [0.717, 1.165) is 46.6 Å². The van der Waals surface area contributed by atoms with Gasteiger partial charge in [0, 0.05) is 33.7 Å². The fourth-order valence-corrected chi connectivity index (χ4v) is 5.75. The first-order valence-electron chi connectivity index (χ1n) is 10.2. The molecule has 1 saturated heterocycles. The van der Waals surface area contributed by atoms with E-state index in [-0.39, 0.29) is 11.9 Å². The second kappa shape index (κ2) is 9.14. The van der Waals surface area contributed by atoms with E-state index in [1.54, 1.807) is 6.20 Å². The molecule has 8 heteroatoms. The number of carbonyl (C=O) groups excluding carboxylic acids is 1. The van der Waals surface area contributed by atoms with Crippen molar-refractivity contribution in [1.82, 2.24) is 9.88 Å². The van der Waals surface area contributed by atoms with Crippen molar-refractivity contribution in [2.24, 2.45) is 4.99 Å². The summed E-state index contributed by atoms with van der Waals surface area (Å²) in [6, 6.07) is 12.0. The lowest BCUT2D eigenvalue weighted by Gasteiger charge is -2.30. The normalized spacial score (nSPS) is 20.3. The molecule has 5 rings (SSSR count). The maximum atomic E-state index is 13.4. The smallest absolute Gasteiger partial charge is 0.267 e. The summed E-state index contributed by atoms with van der Waals surface area (Å²) >= 11 is 6.34. The molecule has 1 aromatic carbocycles. The lowest BCUT2D eigenvalue weighted by atomic mass is 9.94. The van der Waals surface area contributed by atoms with E-state index < -0.39 is 0 Å². The van der Waals surface area contributed by atoms with Crippen LogP contribution in [0, 0.1) is 0 Å². The molecule has 0 atom stereocenters. The number of aromatic nitrogens is 1. The first kappa shape index (κ1) is 20.7. The van der Waals surface area contributed by atoms with Crippen LogP contribution in [-0.2, 0) is 4.79 Å². The van der Waals surface area contributed by atoms with Gasteiger partial charge in [0.1, 0.15) is 11.5 Å². The lowest BCUT2D eigenvalue weighted by molar-refractivity contribution is -0.124. The minimum Gasteiger partial charge on any atom is -0.457 e. The van der Waals surface area contributed by atoms with E-state index in [1.807, 2.05) is 52.8 Å². The van der Waals surface area contributed by atoms with E-state index in [9.17, 15) is 4.79 Å². The van der Waals surface area contributed by atoms with Crippen LogP contribution < -0.4 is 0 Å². The van der Waals surface area contributed by atoms with Gasteiger partial charge in [-0.25, -0.2) is 4.98 Å². The molecule has 3 heterocycles. The van der Waals surface area contributed by atoms with Crippen LogP contribution in [0.25, 0.3) is 17.4 Å². The number of halogens is 1. The molecule has 0 bridgehead atoms. The van der Waals surface area contributed by atoms with Crippen LogP contribution in [-0.4, -0.2) is 27.0 Å². The average Bonchev–Trinajstić information content (AvgIpc) is 3.52. The van der Waals surface area contributed by atoms with Crippen LogP contribution in [0.15, 0.2) is 66.8 Å². The van der Waals surface area contributed by atoms with Gasteiger partial charge in [-0.05, 0) is 48.9 Å². The molecule has 1 amide bonds. The standard InChI is InChI=1S/C23H20BrN3O2S2/c24-16-8-6-15(7-9-16)19-11-10-18(29-19)14-20-21(28)27(17-4-2-1-3-5-17)23(31-20)26-22-25-12-13-30-22/h6-14,17H,1-5H2/b20-14+,26-23+. The first-order chi connectivity index (χ1) is 15.2. The third-order valence-electron chi connectivity index (χ3n) is 5.42. The number of amides is 1. The van der Waals surface area contributed by atoms with Gasteiger partial charge in [-0.1, -0.05) is 47.3 Å².